The fourth-order valence-corrected chi connectivity index (χ4v) is 2.68. The summed E-state index contributed by atoms with van der Waals surface area (Å²) in [5.74, 6) is -0.483. The maximum atomic E-state index is 12.7. The van der Waals surface area contributed by atoms with Gasteiger partial charge in [0.25, 0.3) is 5.91 Å². The number of rotatable bonds is 5. The highest BCUT2D eigenvalue weighted by Crippen LogP contribution is 2.25. The second-order valence-corrected chi connectivity index (χ2v) is 5.41. The van der Waals surface area contributed by atoms with E-state index in [4.69, 9.17) is 9.47 Å². The number of benzene rings is 1. The molecule has 1 aromatic heterocycles. The third-order valence-electron chi connectivity index (χ3n) is 3.82. The molecule has 7 nitrogen and oxygen atoms in total. The Balaban J connectivity index is 0.00000225. The first kappa shape index (κ1) is 18.8. The molecular weight excluding hydrogens is 346 g/mol. The Labute approximate surface area is 151 Å². The van der Waals surface area contributed by atoms with Gasteiger partial charge < -0.3 is 14.4 Å². The number of esters is 1. The molecule has 1 aromatic carbocycles. The molecule has 25 heavy (non-hydrogen) atoms. The molecule has 1 unspecified atom stereocenters. The van der Waals surface area contributed by atoms with Gasteiger partial charge in [-0.15, -0.1) is 12.4 Å². The van der Waals surface area contributed by atoms with Crippen LogP contribution in [0, 0.1) is 0 Å². The van der Waals surface area contributed by atoms with Crippen molar-refractivity contribution in [3.8, 4) is 5.88 Å². The number of hydrogen-bond acceptors (Lipinski definition) is 5. The highest BCUT2D eigenvalue weighted by molar-refractivity contribution is 5.98. The lowest BCUT2D eigenvalue weighted by Gasteiger charge is -2.32. The number of anilines is 1. The van der Waals surface area contributed by atoms with Crippen molar-refractivity contribution in [3.05, 3.63) is 42.1 Å². The number of nitrogens with zero attached hydrogens (tertiary/aromatic N) is 2. The Morgan fingerprint density at radius 3 is 2.84 bits per heavy atom. The zero-order chi connectivity index (χ0) is 16.9. The van der Waals surface area contributed by atoms with Crippen LogP contribution in [-0.4, -0.2) is 41.3 Å². The molecule has 1 fully saturated rings. The second-order valence-electron chi connectivity index (χ2n) is 5.41. The monoisotopic (exact) mass is 365 g/mol. The number of aromatic amines is 1. The normalized spacial score (nSPS) is 16.9. The molecule has 0 saturated carbocycles. The number of carbonyl (C=O) groups is 2. The minimum absolute atomic E-state index is 0. The summed E-state index contributed by atoms with van der Waals surface area (Å²) in [7, 11) is 0. The van der Waals surface area contributed by atoms with Gasteiger partial charge in [0.05, 0.1) is 12.8 Å². The first-order valence-electron chi connectivity index (χ1n) is 7.94. The van der Waals surface area contributed by atoms with E-state index in [2.05, 4.69) is 10.2 Å². The number of H-pyrrole nitrogens is 1. The molecule has 0 spiro atoms. The first-order chi connectivity index (χ1) is 11.7. The van der Waals surface area contributed by atoms with Crippen LogP contribution in [0.2, 0.25) is 0 Å². The first-order valence-corrected chi connectivity index (χ1v) is 7.94. The van der Waals surface area contributed by atoms with Gasteiger partial charge in [0.1, 0.15) is 5.56 Å². The summed E-state index contributed by atoms with van der Waals surface area (Å²) in [6, 6.07) is 9.46. The lowest BCUT2D eigenvalue weighted by Crippen LogP contribution is -2.47. The summed E-state index contributed by atoms with van der Waals surface area (Å²) >= 11 is 0. The number of halogens is 1. The van der Waals surface area contributed by atoms with E-state index >= 15 is 0 Å². The Hall–Kier alpha value is -2.54. The third kappa shape index (κ3) is 4.11. The van der Waals surface area contributed by atoms with Gasteiger partial charge in [-0.2, -0.15) is 5.10 Å². The van der Waals surface area contributed by atoms with Gasteiger partial charge in [0.15, 0.2) is 6.10 Å². The zero-order valence-electron chi connectivity index (χ0n) is 13.8. The molecule has 0 aliphatic carbocycles. The quantitative estimate of drug-likeness (QED) is 0.823. The van der Waals surface area contributed by atoms with Crippen molar-refractivity contribution in [3.63, 3.8) is 0 Å². The number of para-hydroxylation sites is 1. The molecule has 0 bridgehead atoms. The minimum Gasteiger partial charge on any atom is -0.464 e. The van der Waals surface area contributed by atoms with Crippen molar-refractivity contribution < 1.29 is 19.1 Å². The number of nitrogens with one attached hydrogen (secondary N) is 1. The number of aromatic nitrogens is 2. The molecule has 134 valence electrons. The average Bonchev–Trinajstić information content (AvgIpc) is 3.06. The van der Waals surface area contributed by atoms with Gasteiger partial charge in [-0.25, -0.2) is 9.89 Å². The van der Waals surface area contributed by atoms with E-state index in [-0.39, 0.29) is 36.4 Å². The maximum absolute atomic E-state index is 12.7. The van der Waals surface area contributed by atoms with Gasteiger partial charge in [0.2, 0.25) is 5.88 Å². The van der Waals surface area contributed by atoms with Gasteiger partial charge in [-0.1, -0.05) is 18.2 Å². The topological polar surface area (TPSA) is 84.5 Å². The van der Waals surface area contributed by atoms with E-state index in [9.17, 15) is 9.59 Å². The number of ether oxygens (including phenoxy) is 2. The number of hydrogen-bond donors (Lipinski definition) is 1. The van der Waals surface area contributed by atoms with Crippen LogP contribution in [0.5, 0.6) is 5.88 Å². The van der Waals surface area contributed by atoms with Crippen LogP contribution in [0.4, 0.5) is 5.69 Å². The number of carbonyl (C=O) groups excluding carboxylic acids is 2. The number of piperidine rings is 1. The van der Waals surface area contributed by atoms with Crippen LogP contribution in [-0.2, 0) is 9.53 Å². The Morgan fingerprint density at radius 1 is 1.36 bits per heavy atom. The van der Waals surface area contributed by atoms with Crippen LogP contribution in [0.25, 0.3) is 0 Å². The third-order valence-corrected chi connectivity index (χ3v) is 3.82. The molecule has 1 saturated heterocycles. The van der Waals surface area contributed by atoms with Crippen molar-refractivity contribution in [2.45, 2.75) is 25.9 Å². The highest BCUT2D eigenvalue weighted by atomic mass is 35.5. The summed E-state index contributed by atoms with van der Waals surface area (Å²) in [4.78, 5) is 26.3. The van der Waals surface area contributed by atoms with Crippen molar-refractivity contribution in [2.24, 2.45) is 0 Å². The summed E-state index contributed by atoms with van der Waals surface area (Å²) in [6.45, 7) is 2.63. The molecular formula is C17H20ClN3O4. The molecule has 3 rings (SSSR count). The largest absolute Gasteiger partial charge is 0.464 e. The minimum atomic E-state index is -0.660. The fourth-order valence-electron chi connectivity index (χ4n) is 2.68. The molecule has 1 aliphatic heterocycles. The highest BCUT2D eigenvalue weighted by Gasteiger charge is 2.32. The van der Waals surface area contributed by atoms with Gasteiger partial charge >= 0.3 is 5.97 Å². The van der Waals surface area contributed by atoms with Crippen molar-refractivity contribution in [1.29, 1.82) is 0 Å². The predicted octanol–water partition coefficient (Wildman–Crippen LogP) is 2.58. The molecule has 2 aromatic rings. The SMILES string of the molecule is CCOC(=O)c1cn[nH]c1OC1CCCN(c2ccccc2)C1=O.Cl. The maximum Gasteiger partial charge on any atom is 0.345 e. The Morgan fingerprint density at radius 2 is 2.12 bits per heavy atom. The van der Waals surface area contributed by atoms with Crippen LogP contribution >= 0.6 is 12.4 Å². The zero-order valence-corrected chi connectivity index (χ0v) is 14.6. The fraction of sp³-hybridized carbons (Fsp3) is 0.353. The molecule has 1 aliphatic rings. The Bertz CT molecular complexity index is 720. The van der Waals surface area contributed by atoms with E-state index in [0.29, 0.717) is 13.0 Å². The van der Waals surface area contributed by atoms with E-state index in [1.807, 2.05) is 30.3 Å². The van der Waals surface area contributed by atoms with Crippen molar-refractivity contribution >= 4 is 30.0 Å². The molecule has 1 amide bonds. The molecule has 2 heterocycles. The summed E-state index contributed by atoms with van der Waals surface area (Å²) in [6.07, 6.45) is 2.08. The lowest BCUT2D eigenvalue weighted by molar-refractivity contribution is -0.127. The van der Waals surface area contributed by atoms with Crippen LogP contribution in [0.3, 0.4) is 0 Å². The van der Waals surface area contributed by atoms with Crippen LogP contribution in [0.15, 0.2) is 36.5 Å². The summed E-state index contributed by atoms with van der Waals surface area (Å²) in [5.41, 5.74) is 1.03. The summed E-state index contributed by atoms with van der Waals surface area (Å²) < 4.78 is 10.7. The van der Waals surface area contributed by atoms with Crippen LogP contribution < -0.4 is 9.64 Å². The van der Waals surface area contributed by atoms with Gasteiger partial charge in [-0.05, 0) is 31.9 Å². The molecule has 0 radical (unpaired) electrons. The second kappa shape index (κ2) is 8.53. The van der Waals surface area contributed by atoms with Crippen molar-refractivity contribution in [1.82, 2.24) is 10.2 Å². The Kier molecular flexibility index (Phi) is 6.41. The predicted molar refractivity (Wildman–Crippen MR) is 94.2 cm³/mol. The van der Waals surface area contributed by atoms with Gasteiger partial charge in [-0.3, -0.25) is 4.79 Å². The molecule has 1 atom stereocenters. The molecule has 1 N–H and O–H groups in total. The summed E-state index contributed by atoms with van der Waals surface area (Å²) in [5, 5.41) is 6.44. The van der Waals surface area contributed by atoms with Crippen LogP contribution in [0.1, 0.15) is 30.1 Å². The lowest BCUT2D eigenvalue weighted by atomic mass is 10.1. The van der Waals surface area contributed by atoms with E-state index in [0.717, 1.165) is 12.1 Å². The average molecular weight is 366 g/mol. The molecule has 8 heteroatoms. The van der Waals surface area contributed by atoms with E-state index in [1.54, 1.807) is 11.8 Å². The van der Waals surface area contributed by atoms with Gasteiger partial charge in [0, 0.05) is 12.2 Å². The standard InChI is InChI=1S/C17H19N3O4.ClH/c1-2-23-17(22)13-11-18-19-15(13)24-14-9-6-10-20(16(14)21)12-7-4-3-5-8-12;/h3-5,7-8,11,14H,2,6,9-10H2,1H3,(H,18,19);1H. The van der Waals surface area contributed by atoms with E-state index in [1.165, 1.54) is 6.20 Å². The van der Waals surface area contributed by atoms with Crippen molar-refractivity contribution in [2.75, 3.05) is 18.1 Å². The van der Waals surface area contributed by atoms with E-state index < -0.39 is 12.1 Å². The smallest absolute Gasteiger partial charge is 0.345 e. The number of amides is 1.